The van der Waals surface area contributed by atoms with E-state index in [1.807, 2.05) is 13.0 Å². The molecule has 1 saturated heterocycles. The Labute approximate surface area is 171 Å². The van der Waals surface area contributed by atoms with Crippen molar-refractivity contribution < 1.29 is 4.79 Å². The Morgan fingerprint density at radius 1 is 1.21 bits per heavy atom. The number of amides is 1. The molecular weight excluding hydrogens is 390 g/mol. The lowest BCUT2D eigenvalue weighted by molar-refractivity contribution is 0.0753. The Morgan fingerprint density at radius 2 is 1.97 bits per heavy atom. The van der Waals surface area contributed by atoms with Crippen LogP contribution >= 0.6 is 11.5 Å². The van der Waals surface area contributed by atoms with Gasteiger partial charge in [0.05, 0.1) is 5.52 Å². The van der Waals surface area contributed by atoms with Crippen molar-refractivity contribution in [1.82, 2.24) is 18.8 Å². The highest BCUT2D eigenvalue weighted by Crippen LogP contribution is 2.22. The molecule has 0 saturated carbocycles. The summed E-state index contributed by atoms with van der Waals surface area (Å²) in [6.45, 7) is 6.88. The van der Waals surface area contributed by atoms with Crippen molar-refractivity contribution in [2.75, 3.05) is 31.1 Å². The summed E-state index contributed by atoms with van der Waals surface area (Å²) in [4.78, 5) is 44.9. The molecule has 0 atom stereocenters. The SMILES string of the molecule is CCCn1c(=O)[nH]c2c(C(=O)N3CCN(c4cccc(C)c4)CC3)snc2c1=O. The van der Waals surface area contributed by atoms with Crippen molar-refractivity contribution in [3.63, 3.8) is 0 Å². The minimum atomic E-state index is -0.497. The number of H-pyrrole nitrogens is 1. The van der Waals surface area contributed by atoms with E-state index in [1.165, 1.54) is 5.56 Å². The van der Waals surface area contributed by atoms with Gasteiger partial charge in [0.2, 0.25) is 0 Å². The van der Waals surface area contributed by atoms with Crippen molar-refractivity contribution in [1.29, 1.82) is 0 Å². The van der Waals surface area contributed by atoms with E-state index >= 15 is 0 Å². The van der Waals surface area contributed by atoms with Crippen molar-refractivity contribution in [3.8, 4) is 0 Å². The first-order chi connectivity index (χ1) is 14.0. The minimum Gasteiger partial charge on any atom is -0.368 e. The Morgan fingerprint density at radius 3 is 2.66 bits per heavy atom. The number of fused-ring (bicyclic) bond motifs is 1. The van der Waals surface area contributed by atoms with Gasteiger partial charge in [-0.1, -0.05) is 19.1 Å². The summed E-state index contributed by atoms with van der Waals surface area (Å²) < 4.78 is 5.31. The van der Waals surface area contributed by atoms with Crippen molar-refractivity contribution in [2.24, 2.45) is 0 Å². The van der Waals surface area contributed by atoms with Gasteiger partial charge in [-0.25, -0.2) is 4.79 Å². The van der Waals surface area contributed by atoms with E-state index in [-0.39, 0.29) is 16.9 Å². The summed E-state index contributed by atoms with van der Waals surface area (Å²) >= 11 is 0.975. The average Bonchev–Trinajstić information content (AvgIpc) is 3.14. The number of hydrogen-bond donors (Lipinski definition) is 1. The Balaban J connectivity index is 1.56. The molecule has 0 radical (unpaired) electrons. The maximum absolute atomic E-state index is 13.1. The molecule has 1 aromatic carbocycles. The lowest BCUT2D eigenvalue weighted by Crippen LogP contribution is -2.48. The molecule has 152 valence electrons. The van der Waals surface area contributed by atoms with Gasteiger partial charge in [0.1, 0.15) is 4.88 Å². The topological polar surface area (TPSA) is 91.3 Å². The van der Waals surface area contributed by atoms with Crippen LogP contribution in [-0.4, -0.2) is 50.9 Å². The highest BCUT2D eigenvalue weighted by Gasteiger charge is 2.27. The van der Waals surface area contributed by atoms with Gasteiger partial charge in [-0.2, -0.15) is 4.37 Å². The van der Waals surface area contributed by atoms with Gasteiger partial charge in [0.25, 0.3) is 11.5 Å². The molecule has 0 aliphatic carbocycles. The quantitative estimate of drug-likeness (QED) is 0.705. The van der Waals surface area contributed by atoms with Crippen LogP contribution in [0.2, 0.25) is 0 Å². The van der Waals surface area contributed by atoms with E-state index in [1.54, 1.807) is 4.90 Å². The molecule has 0 unspecified atom stereocenters. The summed E-state index contributed by atoms with van der Waals surface area (Å²) in [5.74, 6) is -0.190. The number of benzene rings is 1. The number of aryl methyl sites for hydroxylation is 1. The molecular formula is C20H23N5O3S. The monoisotopic (exact) mass is 413 g/mol. The van der Waals surface area contributed by atoms with E-state index < -0.39 is 11.2 Å². The number of aromatic amines is 1. The smallest absolute Gasteiger partial charge is 0.328 e. The number of hydrogen-bond acceptors (Lipinski definition) is 6. The predicted octanol–water partition coefficient (Wildman–Crippen LogP) is 1.83. The molecule has 1 amide bonds. The molecule has 1 aliphatic rings. The molecule has 3 heterocycles. The van der Waals surface area contributed by atoms with Gasteiger partial charge in [0.15, 0.2) is 5.52 Å². The third-order valence-corrected chi connectivity index (χ3v) is 6.03. The van der Waals surface area contributed by atoms with Crippen LogP contribution < -0.4 is 16.1 Å². The molecule has 0 spiro atoms. The first-order valence-electron chi connectivity index (χ1n) is 9.73. The van der Waals surface area contributed by atoms with E-state index in [4.69, 9.17) is 0 Å². The summed E-state index contributed by atoms with van der Waals surface area (Å²) in [6, 6.07) is 8.31. The van der Waals surface area contributed by atoms with Crippen LogP contribution in [0.25, 0.3) is 11.0 Å². The molecule has 29 heavy (non-hydrogen) atoms. The minimum absolute atomic E-state index is 0.157. The number of rotatable bonds is 4. The lowest BCUT2D eigenvalue weighted by Gasteiger charge is -2.36. The normalized spacial score (nSPS) is 14.6. The number of aromatic nitrogens is 3. The molecule has 1 fully saturated rings. The maximum Gasteiger partial charge on any atom is 0.328 e. The predicted molar refractivity (Wildman–Crippen MR) is 114 cm³/mol. The molecule has 9 heteroatoms. The summed E-state index contributed by atoms with van der Waals surface area (Å²) in [6.07, 6.45) is 0.662. The third-order valence-electron chi connectivity index (χ3n) is 5.19. The number of nitrogens with zero attached hydrogens (tertiary/aromatic N) is 4. The second-order valence-electron chi connectivity index (χ2n) is 7.24. The van der Waals surface area contributed by atoms with E-state index in [9.17, 15) is 14.4 Å². The zero-order valence-electron chi connectivity index (χ0n) is 16.5. The highest BCUT2D eigenvalue weighted by atomic mass is 32.1. The second-order valence-corrected chi connectivity index (χ2v) is 8.01. The standard InChI is InChI=1S/C20H23N5O3S/c1-3-7-25-18(26)16-15(21-20(25)28)17(29-22-16)19(27)24-10-8-23(9-11-24)14-6-4-5-13(2)12-14/h4-6,12H,3,7-11H2,1-2H3,(H,21,28). The first kappa shape index (κ1) is 19.4. The first-order valence-corrected chi connectivity index (χ1v) is 10.5. The van der Waals surface area contributed by atoms with Crippen LogP contribution in [0.5, 0.6) is 0 Å². The zero-order chi connectivity index (χ0) is 20.5. The highest BCUT2D eigenvalue weighted by molar-refractivity contribution is 7.09. The van der Waals surface area contributed by atoms with Crippen molar-refractivity contribution >= 4 is 34.2 Å². The van der Waals surface area contributed by atoms with Gasteiger partial charge in [-0.15, -0.1) is 0 Å². The summed E-state index contributed by atoms with van der Waals surface area (Å²) in [5, 5.41) is 0. The summed E-state index contributed by atoms with van der Waals surface area (Å²) in [5.41, 5.74) is 1.83. The molecule has 8 nitrogen and oxygen atoms in total. The molecule has 2 aromatic heterocycles. The maximum atomic E-state index is 13.1. The number of nitrogens with one attached hydrogen (secondary N) is 1. The van der Waals surface area contributed by atoms with Gasteiger partial charge in [-0.3, -0.25) is 14.2 Å². The Kier molecular flexibility index (Phi) is 5.23. The van der Waals surface area contributed by atoms with Crippen LogP contribution in [0, 0.1) is 6.92 Å². The van der Waals surface area contributed by atoms with E-state index in [2.05, 4.69) is 39.4 Å². The fourth-order valence-corrected chi connectivity index (χ4v) is 4.45. The van der Waals surface area contributed by atoms with Crippen LogP contribution in [0.15, 0.2) is 33.9 Å². The van der Waals surface area contributed by atoms with Gasteiger partial charge >= 0.3 is 5.69 Å². The van der Waals surface area contributed by atoms with Crippen LogP contribution in [0.4, 0.5) is 5.69 Å². The Hall–Kier alpha value is -2.94. The van der Waals surface area contributed by atoms with Crippen molar-refractivity contribution in [3.05, 3.63) is 55.5 Å². The summed E-state index contributed by atoms with van der Waals surface area (Å²) in [7, 11) is 0. The van der Waals surface area contributed by atoms with E-state index in [0.29, 0.717) is 30.9 Å². The van der Waals surface area contributed by atoms with Crippen molar-refractivity contribution in [2.45, 2.75) is 26.8 Å². The van der Waals surface area contributed by atoms with E-state index in [0.717, 1.165) is 34.9 Å². The fraction of sp³-hybridized carbons (Fsp3) is 0.400. The molecule has 1 aliphatic heterocycles. The second kappa shape index (κ2) is 7.82. The van der Waals surface area contributed by atoms with Crippen LogP contribution in [0.3, 0.4) is 0 Å². The molecule has 1 N–H and O–H groups in total. The fourth-order valence-electron chi connectivity index (χ4n) is 3.66. The lowest BCUT2D eigenvalue weighted by atomic mass is 10.2. The third kappa shape index (κ3) is 3.57. The molecule has 3 aromatic rings. The number of carbonyl (C=O) groups is 1. The van der Waals surface area contributed by atoms with Gasteiger partial charge in [-0.05, 0) is 42.6 Å². The van der Waals surface area contributed by atoms with Crippen LogP contribution in [0.1, 0.15) is 28.6 Å². The zero-order valence-corrected chi connectivity index (χ0v) is 17.3. The number of piperazine rings is 1. The number of carbonyl (C=O) groups excluding carboxylic acids is 1. The number of anilines is 1. The molecule has 4 rings (SSSR count). The van der Waals surface area contributed by atoms with Gasteiger partial charge in [0, 0.05) is 38.4 Å². The van der Waals surface area contributed by atoms with Crippen LogP contribution in [-0.2, 0) is 6.54 Å². The average molecular weight is 414 g/mol. The molecule has 0 bridgehead atoms. The van der Waals surface area contributed by atoms with Gasteiger partial charge < -0.3 is 14.8 Å². The Bertz CT molecular complexity index is 1170. The largest absolute Gasteiger partial charge is 0.368 e.